The highest BCUT2D eigenvalue weighted by atomic mass is 16.5. The van der Waals surface area contributed by atoms with Gasteiger partial charge in [-0.15, -0.1) is 0 Å². The Bertz CT molecular complexity index is 507. The average molecular weight is 262 g/mol. The van der Waals surface area contributed by atoms with Crippen molar-refractivity contribution >= 4 is 17.4 Å². The molecule has 1 rings (SSSR count). The van der Waals surface area contributed by atoms with Crippen LogP contribution >= 0.6 is 0 Å². The summed E-state index contributed by atoms with van der Waals surface area (Å²) in [5.41, 5.74) is 0.974. The fourth-order valence-corrected chi connectivity index (χ4v) is 1.49. The van der Waals surface area contributed by atoms with Gasteiger partial charge in [0, 0.05) is 39.0 Å². The van der Waals surface area contributed by atoms with E-state index in [9.17, 15) is 9.59 Å². The van der Waals surface area contributed by atoms with E-state index in [0.29, 0.717) is 17.0 Å². The van der Waals surface area contributed by atoms with Gasteiger partial charge in [-0.1, -0.05) is 0 Å². The Balaban J connectivity index is 3.08. The Morgan fingerprint density at radius 1 is 1.32 bits per heavy atom. The summed E-state index contributed by atoms with van der Waals surface area (Å²) >= 11 is 0. The molecule has 19 heavy (non-hydrogen) atoms. The number of nitrogens with zero attached hydrogens (tertiary/aromatic N) is 1. The maximum absolute atomic E-state index is 12.1. The zero-order chi connectivity index (χ0) is 14.4. The summed E-state index contributed by atoms with van der Waals surface area (Å²) in [6.07, 6.45) is 3.11. The second kappa shape index (κ2) is 6.58. The molecule has 0 aliphatic carbocycles. The normalized spacial score (nSPS) is 10.3. The third-order valence-electron chi connectivity index (χ3n) is 2.31. The first-order valence-electron chi connectivity index (χ1n) is 5.78. The van der Waals surface area contributed by atoms with Gasteiger partial charge in [0.1, 0.15) is 5.75 Å². The molecule has 0 fully saturated rings. The van der Waals surface area contributed by atoms with Crippen molar-refractivity contribution in [3.63, 3.8) is 0 Å². The van der Waals surface area contributed by atoms with Gasteiger partial charge in [0.2, 0.25) is 5.91 Å². The molecule has 5 heteroatoms. The van der Waals surface area contributed by atoms with Crippen LogP contribution in [0.25, 0.3) is 0 Å². The molecular weight excluding hydrogens is 244 g/mol. The highest BCUT2D eigenvalue weighted by Gasteiger charge is 2.11. The van der Waals surface area contributed by atoms with Crippen LogP contribution in [0.3, 0.4) is 0 Å². The van der Waals surface area contributed by atoms with Crippen LogP contribution < -0.4 is 10.1 Å². The van der Waals surface area contributed by atoms with E-state index >= 15 is 0 Å². The number of hydrogen-bond donors (Lipinski definition) is 1. The van der Waals surface area contributed by atoms with Gasteiger partial charge in [-0.3, -0.25) is 9.59 Å². The number of rotatable bonds is 5. The van der Waals surface area contributed by atoms with Crippen molar-refractivity contribution in [3.05, 3.63) is 36.0 Å². The first-order valence-corrected chi connectivity index (χ1v) is 5.78. The van der Waals surface area contributed by atoms with Crippen molar-refractivity contribution in [1.29, 1.82) is 0 Å². The number of carbonyl (C=O) groups excluding carboxylic acids is 2. The molecule has 0 aliphatic rings. The van der Waals surface area contributed by atoms with Gasteiger partial charge in [0.25, 0.3) is 0 Å². The third-order valence-corrected chi connectivity index (χ3v) is 2.31. The zero-order valence-electron chi connectivity index (χ0n) is 11.6. The minimum Gasteiger partial charge on any atom is -0.496 e. The zero-order valence-corrected chi connectivity index (χ0v) is 11.6. The third kappa shape index (κ3) is 4.46. The van der Waals surface area contributed by atoms with Crippen LogP contribution in [-0.4, -0.2) is 37.8 Å². The van der Waals surface area contributed by atoms with Crippen LogP contribution in [0.5, 0.6) is 5.75 Å². The van der Waals surface area contributed by atoms with Crippen LogP contribution in [0.2, 0.25) is 0 Å². The summed E-state index contributed by atoms with van der Waals surface area (Å²) in [5.74, 6) is 0.104. The van der Waals surface area contributed by atoms with E-state index in [1.165, 1.54) is 20.1 Å². The van der Waals surface area contributed by atoms with Crippen molar-refractivity contribution in [1.82, 2.24) is 4.90 Å². The largest absolute Gasteiger partial charge is 0.496 e. The van der Waals surface area contributed by atoms with E-state index < -0.39 is 0 Å². The molecule has 0 heterocycles. The van der Waals surface area contributed by atoms with E-state index in [1.807, 2.05) is 14.1 Å². The topological polar surface area (TPSA) is 58.6 Å². The molecule has 0 saturated carbocycles. The van der Waals surface area contributed by atoms with Crippen molar-refractivity contribution < 1.29 is 14.3 Å². The molecule has 0 spiro atoms. The standard InChI is InChI=1S/C14H18N2O3/c1-10(17)15-11-5-6-14(19-4)12(9-11)13(18)7-8-16(2)3/h5-9H,1-4H3,(H,15,17)/b8-7+. The maximum Gasteiger partial charge on any atom is 0.221 e. The number of allylic oxidation sites excluding steroid dienone is 1. The first kappa shape index (κ1) is 14.8. The molecule has 0 unspecified atom stereocenters. The number of amides is 1. The number of ketones is 1. The smallest absolute Gasteiger partial charge is 0.221 e. The lowest BCUT2D eigenvalue weighted by Gasteiger charge is -2.09. The lowest BCUT2D eigenvalue weighted by atomic mass is 10.1. The van der Waals surface area contributed by atoms with Gasteiger partial charge in [-0.05, 0) is 18.2 Å². The van der Waals surface area contributed by atoms with E-state index in [1.54, 1.807) is 29.3 Å². The van der Waals surface area contributed by atoms with Gasteiger partial charge < -0.3 is 15.0 Å². The minimum absolute atomic E-state index is 0.183. The number of anilines is 1. The number of hydrogen-bond acceptors (Lipinski definition) is 4. The molecule has 0 atom stereocenters. The number of nitrogens with one attached hydrogen (secondary N) is 1. The molecule has 1 aromatic carbocycles. The van der Waals surface area contributed by atoms with Gasteiger partial charge in [-0.25, -0.2) is 0 Å². The molecule has 0 aliphatic heterocycles. The predicted octanol–water partition coefficient (Wildman–Crippen LogP) is 1.91. The van der Waals surface area contributed by atoms with Crippen molar-refractivity contribution in [3.8, 4) is 5.75 Å². The van der Waals surface area contributed by atoms with Crippen LogP contribution in [0.15, 0.2) is 30.5 Å². The number of methoxy groups -OCH3 is 1. The van der Waals surface area contributed by atoms with Gasteiger partial charge in [-0.2, -0.15) is 0 Å². The predicted molar refractivity (Wildman–Crippen MR) is 74.5 cm³/mol. The maximum atomic E-state index is 12.1. The van der Waals surface area contributed by atoms with Crippen molar-refractivity contribution in [2.75, 3.05) is 26.5 Å². The van der Waals surface area contributed by atoms with Crippen LogP contribution in [0, 0.1) is 0 Å². The summed E-state index contributed by atoms with van der Waals surface area (Å²) in [4.78, 5) is 24.8. The Kier molecular flexibility index (Phi) is 5.11. The van der Waals surface area contributed by atoms with E-state index in [4.69, 9.17) is 4.74 Å². The minimum atomic E-state index is -0.188. The first-order chi connectivity index (χ1) is 8.93. The summed E-state index contributed by atoms with van der Waals surface area (Å²) < 4.78 is 5.15. The number of ether oxygens (including phenoxy) is 1. The molecule has 5 nitrogen and oxygen atoms in total. The van der Waals surface area contributed by atoms with E-state index in [-0.39, 0.29) is 11.7 Å². The fourth-order valence-electron chi connectivity index (χ4n) is 1.49. The van der Waals surface area contributed by atoms with E-state index in [0.717, 1.165) is 0 Å². The van der Waals surface area contributed by atoms with E-state index in [2.05, 4.69) is 5.32 Å². The second-order valence-electron chi connectivity index (χ2n) is 4.24. The second-order valence-corrected chi connectivity index (χ2v) is 4.24. The molecule has 1 N–H and O–H groups in total. The molecule has 0 radical (unpaired) electrons. The summed E-state index contributed by atoms with van der Waals surface area (Å²) in [6, 6.07) is 4.94. The quantitative estimate of drug-likeness (QED) is 0.650. The number of carbonyl (C=O) groups is 2. The Morgan fingerprint density at radius 3 is 2.53 bits per heavy atom. The molecular formula is C14H18N2O3. The summed E-state index contributed by atoms with van der Waals surface area (Å²) in [6.45, 7) is 1.41. The molecule has 0 saturated heterocycles. The van der Waals surface area contributed by atoms with Gasteiger partial charge in [0.15, 0.2) is 5.78 Å². The van der Waals surface area contributed by atoms with Crippen LogP contribution in [0.1, 0.15) is 17.3 Å². The summed E-state index contributed by atoms with van der Waals surface area (Å²) in [5, 5.41) is 2.64. The Labute approximate surface area is 112 Å². The molecule has 102 valence electrons. The highest BCUT2D eigenvalue weighted by Crippen LogP contribution is 2.23. The SMILES string of the molecule is COc1ccc(NC(C)=O)cc1C(=O)/C=C/N(C)C. The van der Waals surface area contributed by atoms with Crippen molar-refractivity contribution in [2.24, 2.45) is 0 Å². The molecule has 1 amide bonds. The molecule has 0 bridgehead atoms. The lowest BCUT2D eigenvalue weighted by molar-refractivity contribution is -0.114. The van der Waals surface area contributed by atoms with Gasteiger partial charge >= 0.3 is 0 Å². The Morgan fingerprint density at radius 2 is 2.00 bits per heavy atom. The van der Waals surface area contributed by atoms with Crippen LogP contribution in [-0.2, 0) is 4.79 Å². The average Bonchev–Trinajstić information content (AvgIpc) is 2.35. The molecule has 1 aromatic rings. The van der Waals surface area contributed by atoms with Gasteiger partial charge in [0.05, 0.1) is 12.7 Å². The van der Waals surface area contributed by atoms with Crippen molar-refractivity contribution in [2.45, 2.75) is 6.92 Å². The van der Waals surface area contributed by atoms with Crippen LogP contribution in [0.4, 0.5) is 5.69 Å². The fraction of sp³-hybridized carbons (Fsp3) is 0.286. The monoisotopic (exact) mass is 262 g/mol. The lowest BCUT2D eigenvalue weighted by Crippen LogP contribution is -2.08. The number of benzene rings is 1. The Hall–Kier alpha value is -2.30. The molecule has 0 aromatic heterocycles. The highest BCUT2D eigenvalue weighted by molar-refractivity contribution is 6.07. The summed E-state index contributed by atoms with van der Waals surface area (Å²) in [7, 11) is 5.16.